The number of pyridine rings is 1. The molecule has 1 unspecified atom stereocenters. The Balaban J connectivity index is 1.74. The van der Waals surface area contributed by atoms with Crippen LogP contribution >= 0.6 is 7.75 Å². The molecule has 0 bridgehead atoms. The van der Waals surface area contributed by atoms with Gasteiger partial charge in [-0.15, -0.1) is 0 Å². The van der Waals surface area contributed by atoms with E-state index >= 15 is 0 Å². The Morgan fingerprint density at radius 2 is 2.00 bits per heavy atom. The monoisotopic (exact) mass is 496 g/mol. The fourth-order valence-electron chi connectivity index (χ4n) is 3.28. The highest BCUT2D eigenvalue weighted by Crippen LogP contribution is 2.45. The summed E-state index contributed by atoms with van der Waals surface area (Å²) in [6.07, 6.45) is -1.59. The van der Waals surface area contributed by atoms with Crippen LogP contribution in [-0.2, 0) is 23.4 Å². The van der Waals surface area contributed by atoms with Crippen molar-refractivity contribution < 1.29 is 47.5 Å². The van der Waals surface area contributed by atoms with Gasteiger partial charge in [-0.25, -0.2) is 4.57 Å². The highest BCUT2D eigenvalue weighted by Gasteiger charge is 2.49. The number of aliphatic hydroxyl groups excluding tert-OH is 2. The maximum absolute atomic E-state index is 13.4. The number of hydrogen-bond acceptors (Lipinski definition) is 9. The van der Waals surface area contributed by atoms with Gasteiger partial charge in [-0.1, -0.05) is 18.2 Å². The maximum Gasteiger partial charge on any atom is 0.459 e. The Hall–Kier alpha value is -2.70. The van der Waals surface area contributed by atoms with E-state index in [-0.39, 0.29) is 17.9 Å². The molecule has 184 valence electrons. The second kappa shape index (κ2) is 11.6. The quantitative estimate of drug-likeness (QED) is 0.174. The molecular formula is C21H27N3O9P+. The van der Waals surface area contributed by atoms with E-state index in [0.717, 1.165) is 0 Å². The zero-order valence-electron chi connectivity index (χ0n) is 18.3. The van der Waals surface area contributed by atoms with Crippen LogP contribution in [0.15, 0.2) is 54.9 Å². The number of benzene rings is 1. The summed E-state index contributed by atoms with van der Waals surface area (Å²) >= 11 is 0. The van der Waals surface area contributed by atoms with E-state index < -0.39 is 50.8 Å². The van der Waals surface area contributed by atoms with Crippen LogP contribution in [0.5, 0.6) is 5.75 Å². The number of nitrogens with one attached hydrogen (secondary N) is 1. The van der Waals surface area contributed by atoms with E-state index in [0.29, 0.717) is 6.29 Å². The van der Waals surface area contributed by atoms with Gasteiger partial charge in [0.05, 0.1) is 19.3 Å². The lowest BCUT2D eigenvalue weighted by atomic mass is 10.1. The molecule has 3 rings (SSSR count). The van der Waals surface area contributed by atoms with Crippen molar-refractivity contribution in [2.24, 2.45) is 5.73 Å². The molecule has 1 aliphatic heterocycles. The fraction of sp³-hybridized carbons (Fsp3) is 0.381. The molecule has 2 heterocycles. The Kier molecular flexibility index (Phi) is 8.86. The fourth-order valence-corrected chi connectivity index (χ4v) is 4.75. The van der Waals surface area contributed by atoms with Crippen LogP contribution in [0.4, 0.5) is 0 Å². The van der Waals surface area contributed by atoms with Crippen LogP contribution in [-0.4, -0.2) is 67.1 Å². The van der Waals surface area contributed by atoms with Crippen LogP contribution in [0.2, 0.25) is 0 Å². The zero-order chi connectivity index (χ0) is 24.7. The van der Waals surface area contributed by atoms with E-state index in [1.807, 2.05) is 0 Å². The summed E-state index contributed by atoms with van der Waals surface area (Å²) in [6.45, 7) is -0.550. The van der Waals surface area contributed by atoms with Gasteiger partial charge in [0.25, 0.3) is 12.1 Å². The van der Waals surface area contributed by atoms with Crippen molar-refractivity contribution in [3.05, 3.63) is 60.4 Å². The van der Waals surface area contributed by atoms with Crippen LogP contribution in [0.1, 0.15) is 16.6 Å². The summed E-state index contributed by atoms with van der Waals surface area (Å²) in [4.78, 5) is 22.8. The zero-order valence-corrected chi connectivity index (χ0v) is 19.2. The van der Waals surface area contributed by atoms with Gasteiger partial charge in [-0.2, -0.15) is 9.65 Å². The smallest absolute Gasteiger partial charge is 0.413 e. The number of nitrogens with zero attached hydrogens (tertiary/aromatic N) is 1. The molecule has 1 aliphatic rings. The van der Waals surface area contributed by atoms with Gasteiger partial charge in [0.2, 0.25) is 0 Å². The van der Waals surface area contributed by atoms with Crippen molar-refractivity contribution in [3.63, 3.8) is 0 Å². The molecule has 1 fully saturated rings. The van der Waals surface area contributed by atoms with E-state index in [1.54, 1.807) is 30.3 Å². The highest BCUT2D eigenvalue weighted by atomic mass is 31.2. The Morgan fingerprint density at radius 3 is 2.65 bits per heavy atom. The normalized spacial score (nSPS) is 24.8. The number of primary amides is 1. The number of para-hydroxylation sites is 1. The van der Waals surface area contributed by atoms with Crippen LogP contribution in [0, 0.1) is 0 Å². The molecule has 0 radical (unpaired) electrons. The molecule has 1 aromatic heterocycles. The van der Waals surface area contributed by atoms with Crippen molar-refractivity contribution in [2.75, 3.05) is 20.3 Å². The van der Waals surface area contributed by atoms with E-state index in [9.17, 15) is 24.4 Å². The van der Waals surface area contributed by atoms with Crippen molar-refractivity contribution >= 4 is 19.9 Å². The van der Waals surface area contributed by atoms with Gasteiger partial charge >= 0.3 is 7.75 Å². The Morgan fingerprint density at radius 1 is 1.26 bits per heavy atom. The third-order valence-corrected chi connectivity index (χ3v) is 6.54. The first kappa shape index (κ1) is 25.9. The van der Waals surface area contributed by atoms with Gasteiger partial charge < -0.3 is 34.7 Å². The van der Waals surface area contributed by atoms with Crippen LogP contribution in [0.3, 0.4) is 0 Å². The molecule has 0 spiro atoms. The topological polar surface area (TPSA) is 171 Å². The lowest BCUT2D eigenvalue weighted by Gasteiger charge is -2.24. The van der Waals surface area contributed by atoms with E-state index in [4.69, 9.17) is 24.3 Å². The van der Waals surface area contributed by atoms with Gasteiger partial charge in [-0.3, -0.25) is 9.32 Å². The number of aliphatic hydroxyl groups is 2. The van der Waals surface area contributed by atoms with Gasteiger partial charge in [0, 0.05) is 13.2 Å². The Labute approximate surface area is 195 Å². The number of nitrogens with two attached hydrogens (primary N) is 1. The predicted molar refractivity (Wildman–Crippen MR) is 117 cm³/mol. The Bertz CT molecular complexity index is 1030. The summed E-state index contributed by atoms with van der Waals surface area (Å²) in [5.41, 5.74) is 5.47. The van der Waals surface area contributed by atoms with Crippen molar-refractivity contribution in [3.8, 4) is 5.75 Å². The van der Waals surface area contributed by atoms with E-state index in [1.165, 1.54) is 36.2 Å². The second-order valence-electron chi connectivity index (χ2n) is 7.47. The number of hydrogen-bond donors (Lipinski definition) is 4. The largest absolute Gasteiger partial charge is 0.459 e. The molecule has 5 N–H and O–H groups in total. The van der Waals surface area contributed by atoms with Crippen LogP contribution < -0.4 is 19.9 Å². The first-order valence-electron chi connectivity index (χ1n) is 10.3. The third-order valence-electron chi connectivity index (χ3n) is 4.95. The molecular weight excluding hydrogens is 469 g/mol. The van der Waals surface area contributed by atoms with Gasteiger partial charge in [-0.05, 0) is 18.2 Å². The van der Waals surface area contributed by atoms with E-state index in [2.05, 4.69) is 5.09 Å². The number of amides is 1. The molecule has 1 amide bonds. The van der Waals surface area contributed by atoms with Gasteiger partial charge in [0.1, 0.15) is 29.8 Å². The minimum atomic E-state index is -4.16. The molecule has 6 atom stereocenters. The van der Waals surface area contributed by atoms with Crippen molar-refractivity contribution in [1.82, 2.24) is 5.09 Å². The number of carbonyl (C=O) groups is 2. The number of methoxy groups -OCH3 is 1. The maximum atomic E-state index is 13.4. The second-order valence-corrected chi connectivity index (χ2v) is 9.17. The first-order valence-corrected chi connectivity index (χ1v) is 11.8. The average molecular weight is 496 g/mol. The molecule has 0 aliphatic carbocycles. The molecule has 13 heteroatoms. The summed E-state index contributed by atoms with van der Waals surface area (Å²) in [7, 11) is -2.78. The minimum Gasteiger partial charge on any atom is -0.413 e. The van der Waals surface area contributed by atoms with Crippen molar-refractivity contribution in [1.29, 1.82) is 0 Å². The standard InChI is InChI=1S/C21H26N3O9P/c1-30-12-15(11-25)23-34(29,33-16-7-3-2-4-8-16)31-13-17-18(26)19(27)21(32-17)24-9-5-6-14(10-24)20(22)28/h2-11,15,17-19,21,26-27H,12-13H2,1H3,(H2-,22,23,28,29)/p+1/t15-,17-,18-,19-,21-,34?/m1/s1. The number of carbonyl (C=O) groups excluding carboxylic acids is 2. The van der Waals surface area contributed by atoms with Crippen LogP contribution in [0.25, 0.3) is 0 Å². The third kappa shape index (κ3) is 6.45. The number of rotatable bonds is 12. The predicted octanol–water partition coefficient (Wildman–Crippen LogP) is -0.301. The molecule has 34 heavy (non-hydrogen) atoms. The number of ether oxygens (including phenoxy) is 2. The highest BCUT2D eigenvalue weighted by molar-refractivity contribution is 7.52. The summed E-state index contributed by atoms with van der Waals surface area (Å²) in [5.74, 6) is -0.460. The summed E-state index contributed by atoms with van der Waals surface area (Å²) in [5, 5.41) is 23.5. The first-order chi connectivity index (χ1) is 16.3. The van der Waals surface area contributed by atoms with Gasteiger partial charge in [0.15, 0.2) is 18.5 Å². The number of aldehydes is 1. The molecule has 1 saturated heterocycles. The SMILES string of the molecule is COC[C@@H](C=O)NP(=O)(OC[C@H]1O[C@@H]([n+]2cccc(C(N)=O)c2)[C@H](O)[C@@H]1O)Oc1ccccc1. The lowest BCUT2D eigenvalue weighted by Crippen LogP contribution is -2.46. The minimum absolute atomic E-state index is 0.0921. The van der Waals surface area contributed by atoms with Crippen molar-refractivity contribution in [2.45, 2.75) is 30.6 Å². The molecule has 12 nitrogen and oxygen atoms in total. The lowest BCUT2D eigenvalue weighted by molar-refractivity contribution is -0.765. The molecule has 1 aromatic carbocycles. The average Bonchev–Trinajstić information content (AvgIpc) is 3.12. The summed E-state index contributed by atoms with van der Waals surface area (Å²) < 4.78 is 36.4. The molecule has 0 saturated carbocycles. The molecule has 2 aromatic rings. The summed E-state index contributed by atoms with van der Waals surface area (Å²) in [6, 6.07) is 10.2. The number of aromatic nitrogens is 1.